The lowest BCUT2D eigenvalue weighted by Crippen LogP contribution is -2.35. The Balaban J connectivity index is 1.60. The zero-order valence-corrected chi connectivity index (χ0v) is 26.3. The Morgan fingerprint density at radius 2 is 1.98 bits per heavy atom. The Hall–Kier alpha value is -2.93. The maximum absolute atomic E-state index is 12.7. The molecule has 4 rings (SSSR count). The van der Waals surface area contributed by atoms with Crippen molar-refractivity contribution in [2.24, 2.45) is 0 Å². The van der Waals surface area contributed by atoms with E-state index in [2.05, 4.69) is 49.9 Å². The second-order valence-corrected chi connectivity index (χ2v) is 14.0. The molecule has 5 N–H and O–H groups in total. The summed E-state index contributed by atoms with van der Waals surface area (Å²) in [6.07, 6.45) is 8.19. The highest BCUT2D eigenvalue weighted by molar-refractivity contribution is 8.07. The highest BCUT2D eigenvalue weighted by Gasteiger charge is 2.28. The molecule has 0 bridgehead atoms. The third-order valence-corrected chi connectivity index (χ3v) is 10.1. The van der Waals surface area contributed by atoms with Gasteiger partial charge in [-0.2, -0.15) is 4.98 Å². The molecule has 0 radical (unpaired) electrons. The first-order valence-electron chi connectivity index (χ1n) is 14.4. The number of β-amino-alcohol motifs (C(OH)–C–C–N with tert-alkyl or cyclic N) is 1. The summed E-state index contributed by atoms with van der Waals surface area (Å²) in [5.74, 6) is 1.55. The van der Waals surface area contributed by atoms with Crippen molar-refractivity contribution >= 4 is 43.9 Å². The molecule has 0 amide bonds. The van der Waals surface area contributed by atoms with E-state index >= 15 is 0 Å². The number of aromatic nitrogens is 2. The molecule has 2 aromatic rings. The number of anilines is 3. The predicted octanol–water partition coefficient (Wildman–Crippen LogP) is 4.56. The van der Waals surface area contributed by atoms with E-state index in [9.17, 15) is 13.5 Å². The van der Waals surface area contributed by atoms with Crippen LogP contribution in [0.1, 0.15) is 63.0 Å². The third-order valence-electron chi connectivity index (χ3n) is 7.84. The Morgan fingerprint density at radius 1 is 1.26 bits per heavy atom. The van der Waals surface area contributed by atoms with Crippen molar-refractivity contribution in [3.63, 3.8) is 0 Å². The van der Waals surface area contributed by atoms with Crippen LogP contribution in [-0.4, -0.2) is 78.1 Å². The van der Waals surface area contributed by atoms with Crippen LogP contribution >= 0.6 is 11.6 Å². The molecule has 1 aliphatic heterocycles. The molecule has 1 saturated heterocycles. The molecule has 2 fully saturated rings. The minimum atomic E-state index is -3.85. The number of aliphatic hydroxyl groups excluding tert-OH is 1. The Morgan fingerprint density at radius 3 is 2.57 bits per heavy atom. The van der Waals surface area contributed by atoms with Gasteiger partial charge in [0.2, 0.25) is 5.95 Å². The van der Waals surface area contributed by atoms with Crippen LogP contribution in [0.2, 0.25) is 5.02 Å². The number of rotatable bonds is 12. The van der Waals surface area contributed by atoms with Crippen molar-refractivity contribution in [3.8, 4) is 5.75 Å². The second kappa shape index (κ2) is 14.0. The normalized spacial score (nSPS) is 17.2. The van der Waals surface area contributed by atoms with Crippen molar-refractivity contribution in [2.75, 3.05) is 43.9 Å². The Labute approximate surface area is 253 Å². The number of benzene rings is 1. The lowest BCUT2D eigenvalue weighted by atomic mass is 9.86. The summed E-state index contributed by atoms with van der Waals surface area (Å²) in [6.45, 7) is 7.95. The zero-order chi connectivity index (χ0) is 30.4. The minimum Gasteiger partial charge on any atom is -0.488 e. The molecule has 0 unspecified atom stereocenters. The summed E-state index contributed by atoms with van der Waals surface area (Å²) in [5, 5.41) is 25.4. The number of ether oxygens (including phenoxy) is 1. The van der Waals surface area contributed by atoms with Gasteiger partial charge in [-0.25, -0.2) is 13.4 Å². The van der Waals surface area contributed by atoms with Gasteiger partial charge in [0.25, 0.3) is 0 Å². The molecule has 0 atom stereocenters. The number of aliphatic hydroxyl groups is 1. The SMILES string of the molecule is CN/C=C(/Nc1nc(Nc2cc(C)c(C3CCN(CCO)CC3)cc2OC2CCC2)ncc1Cl)C(=N)S(=O)(=O)C(C)C. The lowest BCUT2D eigenvalue weighted by Gasteiger charge is -2.33. The fourth-order valence-corrected chi connectivity index (χ4v) is 6.10. The first-order valence-corrected chi connectivity index (χ1v) is 16.4. The van der Waals surface area contributed by atoms with Crippen LogP contribution in [0.4, 0.5) is 17.5 Å². The maximum Gasteiger partial charge on any atom is 0.229 e. The summed E-state index contributed by atoms with van der Waals surface area (Å²) in [4.78, 5) is 11.2. The fourth-order valence-electron chi connectivity index (χ4n) is 5.07. The Kier molecular flexibility index (Phi) is 10.7. The number of aryl methyl sites for hydroxylation is 1. The topological polar surface area (TPSA) is 153 Å². The molecule has 2 heterocycles. The average Bonchev–Trinajstić information content (AvgIpc) is 2.93. The highest BCUT2D eigenvalue weighted by atomic mass is 35.5. The van der Waals surface area contributed by atoms with E-state index in [-0.39, 0.29) is 35.2 Å². The van der Waals surface area contributed by atoms with Crippen LogP contribution in [0.3, 0.4) is 0 Å². The molecule has 42 heavy (non-hydrogen) atoms. The third kappa shape index (κ3) is 7.52. The summed E-state index contributed by atoms with van der Waals surface area (Å²) in [7, 11) is -2.24. The van der Waals surface area contributed by atoms with E-state index in [0.29, 0.717) is 12.5 Å². The van der Waals surface area contributed by atoms with Crippen LogP contribution in [0.25, 0.3) is 0 Å². The summed E-state index contributed by atoms with van der Waals surface area (Å²) in [6, 6.07) is 4.20. The lowest BCUT2D eigenvalue weighted by molar-refractivity contribution is 0.121. The molecule has 0 spiro atoms. The molecule has 1 aliphatic carbocycles. The number of nitrogens with zero attached hydrogens (tertiary/aromatic N) is 3. The van der Waals surface area contributed by atoms with E-state index in [1.807, 2.05) is 0 Å². The van der Waals surface area contributed by atoms with Gasteiger partial charge in [-0.05, 0) is 95.1 Å². The van der Waals surface area contributed by atoms with Crippen molar-refractivity contribution in [1.29, 1.82) is 5.41 Å². The number of likely N-dealkylation sites (tertiary alicyclic amines) is 1. The highest BCUT2D eigenvalue weighted by Crippen LogP contribution is 2.39. The van der Waals surface area contributed by atoms with Crippen molar-refractivity contribution in [2.45, 2.75) is 70.1 Å². The van der Waals surface area contributed by atoms with Crippen molar-refractivity contribution < 1.29 is 18.3 Å². The summed E-state index contributed by atoms with van der Waals surface area (Å²) < 4.78 is 31.8. The van der Waals surface area contributed by atoms with Gasteiger partial charge in [0.05, 0.1) is 35.5 Å². The largest absolute Gasteiger partial charge is 0.488 e. The predicted molar refractivity (Wildman–Crippen MR) is 168 cm³/mol. The summed E-state index contributed by atoms with van der Waals surface area (Å²) in [5.41, 5.74) is 3.15. The maximum atomic E-state index is 12.7. The molecule has 1 aromatic heterocycles. The molecule has 2 aliphatic rings. The molecule has 11 nitrogen and oxygen atoms in total. The monoisotopic (exact) mass is 619 g/mol. The van der Waals surface area contributed by atoms with Crippen LogP contribution in [-0.2, 0) is 9.84 Å². The first-order chi connectivity index (χ1) is 20.0. The average molecular weight is 620 g/mol. The van der Waals surface area contributed by atoms with Gasteiger partial charge in [0, 0.05) is 19.8 Å². The summed E-state index contributed by atoms with van der Waals surface area (Å²) >= 11 is 6.39. The van der Waals surface area contributed by atoms with Gasteiger partial charge < -0.3 is 30.7 Å². The van der Waals surface area contributed by atoms with Crippen LogP contribution in [0.5, 0.6) is 5.75 Å². The first kappa shape index (κ1) is 32.0. The van der Waals surface area contributed by atoms with E-state index in [1.54, 1.807) is 7.05 Å². The van der Waals surface area contributed by atoms with E-state index in [1.165, 1.54) is 31.8 Å². The Bertz CT molecular complexity index is 1400. The van der Waals surface area contributed by atoms with Crippen molar-refractivity contribution in [1.82, 2.24) is 20.2 Å². The molecule has 13 heteroatoms. The zero-order valence-electron chi connectivity index (χ0n) is 24.7. The number of piperidine rings is 1. The van der Waals surface area contributed by atoms with E-state index in [0.717, 1.165) is 62.2 Å². The molecular formula is C29H42ClN7O4S. The van der Waals surface area contributed by atoms with Gasteiger partial charge in [0.15, 0.2) is 20.7 Å². The van der Waals surface area contributed by atoms with Crippen molar-refractivity contribution in [3.05, 3.63) is 46.4 Å². The number of hydrogen-bond acceptors (Lipinski definition) is 11. The molecule has 1 aromatic carbocycles. The molecule has 230 valence electrons. The number of hydrogen-bond donors (Lipinski definition) is 5. The molecule has 1 saturated carbocycles. The number of nitrogens with one attached hydrogen (secondary N) is 4. The van der Waals surface area contributed by atoms with Gasteiger partial charge in [0.1, 0.15) is 10.8 Å². The van der Waals surface area contributed by atoms with Gasteiger partial charge in [-0.3, -0.25) is 5.41 Å². The number of sulfone groups is 1. The quantitative estimate of drug-likeness (QED) is 0.169. The smallest absolute Gasteiger partial charge is 0.229 e. The number of halogens is 1. The van der Waals surface area contributed by atoms with Crippen LogP contribution in [0, 0.1) is 12.3 Å². The van der Waals surface area contributed by atoms with Crippen LogP contribution < -0.4 is 20.7 Å². The fraction of sp³-hybridized carbons (Fsp3) is 0.552. The van der Waals surface area contributed by atoms with Crippen LogP contribution in [0.15, 0.2) is 30.2 Å². The minimum absolute atomic E-state index is 0.0111. The standard InChI is InChI=1S/C29H42ClN7O4S/c1-18(2)42(39,40)27(31)25(17-32-4)34-28-23(30)16-33-29(36-28)35-24-14-19(3)22(15-26(24)41-21-6-5-7-21)20-8-10-37(11-9-20)12-13-38/h14-18,20-21,31-32,38H,5-13H2,1-4H3,(H2,33,34,35,36)/b25-17+,31-27?. The van der Waals surface area contributed by atoms with Gasteiger partial charge >= 0.3 is 0 Å². The van der Waals surface area contributed by atoms with Gasteiger partial charge in [-0.1, -0.05) is 11.6 Å². The molecular weight excluding hydrogens is 578 g/mol. The van der Waals surface area contributed by atoms with E-state index in [4.69, 9.17) is 21.7 Å². The van der Waals surface area contributed by atoms with Gasteiger partial charge in [-0.15, -0.1) is 0 Å². The van der Waals surface area contributed by atoms with E-state index < -0.39 is 20.1 Å². The second-order valence-electron chi connectivity index (χ2n) is 11.1.